The van der Waals surface area contributed by atoms with E-state index in [2.05, 4.69) is 20.8 Å². The maximum Gasteiger partial charge on any atom is 0.321 e. The van der Waals surface area contributed by atoms with Crippen molar-refractivity contribution in [1.82, 2.24) is 20.8 Å². The van der Waals surface area contributed by atoms with Gasteiger partial charge in [0.2, 0.25) is 11.8 Å². The lowest BCUT2D eigenvalue weighted by atomic mass is 9.89. The maximum atomic E-state index is 11.6. The van der Waals surface area contributed by atoms with E-state index in [1.165, 1.54) is 19.3 Å². The van der Waals surface area contributed by atoms with Crippen molar-refractivity contribution in [1.29, 1.82) is 0 Å². The van der Waals surface area contributed by atoms with Crippen molar-refractivity contribution in [2.45, 2.75) is 63.1 Å². The van der Waals surface area contributed by atoms with E-state index in [-0.39, 0.29) is 17.7 Å². The van der Waals surface area contributed by atoms with Crippen LogP contribution in [-0.2, 0) is 4.79 Å². The van der Waals surface area contributed by atoms with E-state index < -0.39 is 6.03 Å². The van der Waals surface area contributed by atoms with E-state index in [1.807, 2.05) is 13.8 Å². The molecule has 0 unspecified atom stereocenters. The second kappa shape index (κ2) is 8.17. The molecule has 0 aliphatic heterocycles. The van der Waals surface area contributed by atoms with Gasteiger partial charge in [-0.15, -0.1) is 10.2 Å². The fourth-order valence-corrected chi connectivity index (χ4v) is 2.95. The van der Waals surface area contributed by atoms with Gasteiger partial charge < -0.3 is 9.73 Å². The molecule has 1 heterocycles. The number of aromatic nitrogens is 2. The summed E-state index contributed by atoms with van der Waals surface area (Å²) in [5.41, 5.74) is 0. The molecule has 1 aliphatic rings. The molecule has 0 saturated heterocycles. The molecule has 2 rings (SSSR count). The molecule has 0 atom stereocenters. The minimum Gasteiger partial charge on any atom is -0.416 e. The van der Waals surface area contributed by atoms with Crippen LogP contribution < -0.4 is 10.6 Å². The quantitative estimate of drug-likeness (QED) is 0.807. The summed E-state index contributed by atoms with van der Waals surface area (Å²) in [5.74, 6) is 0.694. The number of hydrogen-bond donors (Lipinski definition) is 2. The largest absolute Gasteiger partial charge is 0.416 e. The molecule has 0 spiro atoms. The van der Waals surface area contributed by atoms with Crippen LogP contribution in [0.25, 0.3) is 0 Å². The van der Waals surface area contributed by atoms with Gasteiger partial charge in [0.1, 0.15) is 0 Å². The van der Waals surface area contributed by atoms with Gasteiger partial charge in [-0.2, -0.15) is 0 Å². The Bertz CT molecular complexity index is 512. The first-order valence-corrected chi connectivity index (χ1v) is 8.59. The van der Waals surface area contributed by atoms with Crippen LogP contribution in [-0.4, -0.2) is 33.9 Å². The Morgan fingerprint density at radius 1 is 1.27 bits per heavy atom. The van der Waals surface area contributed by atoms with Crippen LogP contribution in [0, 0.1) is 0 Å². The number of nitrogens with one attached hydrogen (secondary N) is 2. The highest BCUT2D eigenvalue weighted by Gasteiger charge is 2.21. The van der Waals surface area contributed by atoms with Gasteiger partial charge in [-0.1, -0.05) is 31.0 Å². The van der Waals surface area contributed by atoms with E-state index in [0.29, 0.717) is 17.0 Å². The first kappa shape index (κ1) is 16.8. The third kappa shape index (κ3) is 5.32. The number of urea groups is 1. The van der Waals surface area contributed by atoms with Crippen LogP contribution >= 0.6 is 11.8 Å². The van der Waals surface area contributed by atoms with Crippen LogP contribution in [0.15, 0.2) is 9.64 Å². The number of amides is 3. The Morgan fingerprint density at radius 2 is 2.00 bits per heavy atom. The van der Waals surface area contributed by atoms with Crippen molar-refractivity contribution in [3.05, 3.63) is 5.89 Å². The second-order valence-electron chi connectivity index (χ2n) is 5.71. The minimum atomic E-state index is -0.492. The molecule has 2 N–H and O–H groups in total. The molecule has 3 amide bonds. The van der Waals surface area contributed by atoms with Gasteiger partial charge in [-0.05, 0) is 26.7 Å². The molecule has 1 aromatic heterocycles. The lowest BCUT2D eigenvalue weighted by Crippen LogP contribution is -2.43. The summed E-state index contributed by atoms with van der Waals surface area (Å²) in [7, 11) is 0. The second-order valence-corrected chi connectivity index (χ2v) is 6.63. The Balaban J connectivity index is 1.76. The molecule has 22 heavy (non-hydrogen) atoms. The lowest BCUT2D eigenvalue weighted by Gasteiger charge is -2.17. The summed E-state index contributed by atoms with van der Waals surface area (Å²) in [4.78, 5) is 23.0. The van der Waals surface area contributed by atoms with Crippen LogP contribution in [0.2, 0.25) is 0 Å². The average molecular weight is 326 g/mol. The number of rotatable bonds is 5. The van der Waals surface area contributed by atoms with Gasteiger partial charge in [-0.25, -0.2) is 4.79 Å². The Kier molecular flexibility index (Phi) is 6.23. The molecular formula is C14H22N4O3S. The molecule has 1 aliphatic carbocycles. The average Bonchev–Trinajstić information content (AvgIpc) is 2.94. The predicted molar refractivity (Wildman–Crippen MR) is 82.7 cm³/mol. The van der Waals surface area contributed by atoms with Gasteiger partial charge >= 0.3 is 6.03 Å². The highest BCUT2D eigenvalue weighted by atomic mass is 32.2. The molecule has 122 valence electrons. The van der Waals surface area contributed by atoms with Crippen LogP contribution in [0.1, 0.15) is 57.8 Å². The van der Waals surface area contributed by atoms with Crippen LogP contribution in [0.4, 0.5) is 4.79 Å². The number of thioether (sulfide) groups is 1. The first-order valence-electron chi connectivity index (χ1n) is 7.61. The van der Waals surface area contributed by atoms with Crippen molar-refractivity contribution >= 4 is 23.7 Å². The number of nitrogens with zero attached hydrogens (tertiary/aromatic N) is 2. The van der Waals surface area contributed by atoms with Crippen molar-refractivity contribution in [3.63, 3.8) is 0 Å². The van der Waals surface area contributed by atoms with E-state index >= 15 is 0 Å². The molecule has 8 heteroatoms. The van der Waals surface area contributed by atoms with E-state index in [1.54, 1.807) is 0 Å². The van der Waals surface area contributed by atoms with Gasteiger partial charge in [-0.3, -0.25) is 10.1 Å². The third-order valence-corrected chi connectivity index (χ3v) is 4.19. The van der Waals surface area contributed by atoms with E-state index in [9.17, 15) is 9.59 Å². The number of imide groups is 1. The smallest absolute Gasteiger partial charge is 0.321 e. The molecule has 1 saturated carbocycles. The van der Waals surface area contributed by atoms with E-state index in [0.717, 1.165) is 24.6 Å². The number of hydrogen-bond acceptors (Lipinski definition) is 6. The van der Waals surface area contributed by atoms with Crippen molar-refractivity contribution < 1.29 is 14.0 Å². The summed E-state index contributed by atoms with van der Waals surface area (Å²) in [6, 6.07) is -0.511. The Labute approximate surface area is 134 Å². The zero-order chi connectivity index (χ0) is 15.9. The van der Waals surface area contributed by atoms with Crippen LogP contribution in [0.5, 0.6) is 0 Å². The van der Waals surface area contributed by atoms with Gasteiger partial charge in [0.25, 0.3) is 5.22 Å². The maximum absolute atomic E-state index is 11.6. The zero-order valence-corrected chi connectivity index (χ0v) is 13.7. The lowest BCUT2D eigenvalue weighted by molar-refractivity contribution is -0.117. The Hall–Kier alpha value is -1.57. The van der Waals surface area contributed by atoms with Gasteiger partial charge in [0, 0.05) is 12.0 Å². The molecule has 7 nitrogen and oxygen atoms in total. The fraction of sp³-hybridized carbons (Fsp3) is 0.714. The molecular weight excluding hydrogens is 304 g/mol. The summed E-state index contributed by atoms with van der Waals surface area (Å²) in [6.45, 7) is 3.65. The number of carbonyl (C=O) groups excluding carboxylic acids is 2. The normalized spacial score (nSPS) is 15.8. The summed E-state index contributed by atoms with van der Waals surface area (Å²) in [5, 5.41) is 13.2. The van der Waals surface area contributed by atoms with Crippen molar-refractivity contribution in [2.24, 2.45) is 0 Å². The molecule has 0 radical (unpaired) electrons. The third-order valence-electron chi connectivity index (χ3n) is 3.38. The molecule has 1 fully saturated rings. The van der Waals surface area contributed by atoms with Crippen molar-refractivity contribution in [2.75, 3.05) is 5.75 Å². The standard InChI is InChI=1S/C14H22N4O3S/c1-9(2)15-13(20)16-11(19)8-22-14-18-17-12(21-14)10-6-4-3-5-7-10/h9-10H,3-8H2,1-2H3,(H2,15,16,19,20). The molecule has 1 aromatic rings. The fourth-order valence-electron chi connectivity index (χ4n) is 2.38. The predicted octanol–water partition coefficient (Wildman–Crippen LogP) is 2.44. The monoisotopic (exact) mass is 326 g/mol. The summed E-state index contributed by atoms with van der Waals surface area (Å²) in [6.07, 6.45) is 5.83. The van der Waals surface area contributed by atoms with Gasteiger partial charge in [0.15, 0.2) is 0 Å². The van der Waals surface area contributed by atoms with Crippen molar-refractivity contribution in [3.8, 4) is 0 Å². The topological polar surface area (TPSA) is 97.1 Å². The summed E-state index contributed by atoms with van der Waals surface area (Å²) >= 11 is 1.14. The summed E-state index contributed by atoms with van der Waals surface area (Å²) < 4.78 is 5.60. The molecule has 0 aromatic carbocycles. The van der Waals surface area contributed by atoms with Gasteiger partial charge in [0.05, 0.1) is 5.75 Å². The highest BCUT2D eigenvalue weighted by Crippen LogP contribution is 2.32. The van der Waals surface area contributed by atoms with Crippen LogP contribution in [0.3, 0.4) is 0 Å². The zero-order valence-electron chi connectivity index (χ0n) is 12.9. The SMILES string of the molecule is CC(C)NC(=O)NC(=O)CSc1nnc(C2CCCCC2)o1. The minimum absolute atomic E-state index is 0.0190. The van der Waals surface area contributed by atoms with E-state index in [4.69, 9.17) is 4.42 Å². The highest BCUT2D eigenvalue weighted by molar-refractivity contribution is 7.99. The Morgan fingerprint density at radius 3 is 2.68 bits per heavy atom. The molecule has 0 bridgehead atoms. The first-order chi connectivity index (χ1) is 10.5. The number of carbonyl (C=O) groups is 2.